The first-order chi connectivity index (χ1) is 16.7. The van der Waals surface area contributed by atoms with Crippen LogP contribution in [0.25, 0.3) is 11.4 Å². The van der Waals surface area contributed by atoms with Gasteiger partial charge in [-0.05, 0) is 60.9 Å². The second kappa shape index (κ2) is 10.2. The van der Waals surface area contributed by atoms with E-state index in [2.05, 4.69) is 21.2 Å². The van der Waals surface area contributed by atoms with Gasteiger partial charge in [0.25, 0.3) is 5.91 Å². The Bertz CT molecular complexity index is 1260. The number of hydrogen-bond acceptors (Lipinski definition) is 6. The molecule has 0 aliphatic carbocycles. The molecule has 1 atom stereocenters. The molecule has 172 valence electrons. The molecule has 0 saturated carbocycles. The highest BCUT2D eigenvalue weighted by Gasteiger charge is 2.29. The molecule has 34 heavy (non-hydrogen) atoms. The molecule has 1 unspecified atom stereocenters. The Kier molecular flexibility index (Phi) is 6.67. The van der Waals surface area contributed by atoms with E-state index in [0.717, 1.165) is 29.1 Å². The van der Waals surface area contributed by atoms with Gasteiger partial charge in [0.05, 0.1) is 5.92 Å². The number of hydrogen-bond donors (Lipinski definition) is 0. The number of benzene rings is 2. The highest BCUT2D eigenvalue weighted by Crippen LogP contribution is 2.29. The van der Waals surface area contributed by atoms with E-state index < -0.39 is 0 Å². The second-order valence-corrected chi connectivity index (χ2v) is 9.28. The summed E-state index contributed by atoms with van der Waals surface area (Å²) in [5.41, 5.74) is 2.39. The minimum Gasteiger partial charge on any atom is -0.339 e. The zero-order chi connectivity index (χ0) is 23.3. The number of piperidine rings is 1. The van der Waals surface area contributed by atoms with Crippen molar-refractivity contribution in [3.63, 3.8) is 0 Å². The molecular weight excluding hydrogens is 451 g/mol. The van der Waals surface area contributed by atoms with Gasteiger partial charge >= 0.3 is 0 Å². The standard InChI is InChI=1S/C26H23FN4O2S/c27-22-7-1-5-20(14-22)24-29-25(33-30-24)21-6-3-13-31(16-21)26(32)19-8-10-23(11-9-19)34-17-18-4-2-12-28-15-18/h1-2,4-5,7-12,14-15,21H,3,6,13,16-17H2. The Morgan fingerprint density at radius 2 is 2.03 bits per heavy atom. The van der Waals surface area contributed by atoms with E-state index in [-0.39, 0.29) is 17.6 Å². The molecule has 0 N–H and O–H groups in total. The first-order valence-corrected chi connectivity index (χ1v) is 12.1. The molecule has 1 amide bonds. The van der Waals surface area contributed by atoms with Crippen LogP contribution in [0.4, 0.5) is 4.39 Å². The van der Waals surface area contributed by atoms with E-state index >= 15 is 0 Å². The SMILES string of the molecule is O=C(c1ccc(SCc2cccnc2)cc1)N1CCCC(c2nc(-c3cccc(F)c3)no2)C1. The third-order valence-corrected chi connectivity index (χ3v) is 6.90. The number of pyridine rings is 1. The van der Waals surface area contributed by atoms with Crippen molar-refractivity contribution in [3.05, 3.63) is 95.9 Å². The number of carbonyl (C=O) groups is 1. The molecule has 1 saturated heterocycles. The van der Waals surface area contributed by atoms with Gasteiger partial charge in [-0.1, -0.05) is 23.4 Å². The van der Waals surface area contributed by atoms with Crippen molar-refractivity contribution in [2.24, 2.45) is 0 Å². The van der Waals surface area contributed by atoms with Crippen LogP contribution in [0, 0.1) is 5.82 Å². The fourth-order valence-corrected chi connectivity index (χ4v) is 4.87. The molecule has 4 aromatic rings. The Balaban J connectivity index is 1.22. The zero-order valence-corrected chi connectivity index (χ0v) is 19.2. The van der Waals surface area contributed by atoms with Crippen LogP contribution in [0.5, 0.6) is 0 Å². The third kappa shape index (κ3) is 5.17. The molecule has 1 fully saturated rings. The molecule has 5 rings (SSSR count). The summed E-state index contributed by atoms with van der Waals surface area (Å²) in [4.78, 5) is 24.7. The topological polar surface area (TPSA) is 72.1 Å². The lowest BCUT2D eigenvalue weighted by Gasteiger charge is -2.31. The van der Waals surface area contributed by atoms with Gasteiger partial charge in [-0.3, -0.25) is 9.78 Å². The predicted octanol–water partition coefficient (Wildman–Crippen LogP) is 5.58. The van der Waals surface area contributed by atoms with Crippen molar-refractivity contribution >= 4 is 17.7 Å². The Labute approximate surface area is 201 Å². The molecule has 0 radical (unpaired) electrons. The highest BCUT2D eigenvalue weighted by atomic mass is 32.2. The van der Waals surface area contributed by atoms with Crippen molar-refractivity contribution in [1.29, 1.82) is 0 Å². The number of nitrogens with zero attached hydrogens (tertiary/aromatic N) is 4. The van der Waals surface area contributed by atoms with E-state index in [1.807, 2.05) is 41.4 Å². The van der Waals surface area contributed by atoms with Crippen LogP contribution in [-0.2, 0) is 5.75 Å². The highest BCUT2D eigenvalue weighted by molar-refractivity contribution is 7.98. The second-order valence-electron chi connectivity index (χ2n) is 8.23. The van der Waals surface area contributed by atoms with E-state index in [4.69, 9.17) is 4.52 Å². The van der Waals surface area contributed by atoms with Gasteiger partial charge in [-0.25, -0.2) is 4.39 Å². The minimum atomic E-state index is -0.347. The number of likely N-dealkylation sites (tertiary alicyclic amines) is 1. The van der Waals surface area contributed by atoms with Crippen LogP contribution < -0.4 is 0 Å². The van der Waals surface area contributed by atoms with Gasteiger partial charge in [0, 0.05) is 47.3 Å². The first-order valence-electron chi connectivity index (χ1n) is 11.2. The molecule has 1 aliphatic rings. The summed E-state index contributed by atoms with van der Waals surface area (Å²) >= 11 is 1.71. The van der Waals surface area contributed by atoms with Crippen LogP contribution in [0.2, 0.25) is 0 Å². The van der Waals surface area contributed by atoms with Crippen LogP contribution in [0.3, 0.4) is 0 Å². The number of rotatable bonds is 6. The van der Waals surface area contributed by atoms with Crippen molar-refractivity contribution in [2.45, 2.75) is 29.4 Å². The van der Waals surface area contributed by atoms with Crippen LogP contribution in [-0.4, -0.2) is 39.0 Å². The van der Waals surface area contributed by atoms with Crippen molar-refractivity contribution in [1.82, 2.24) is 20.0 Å². The Morgan fingerprint density at radius 3 is 2.82 bits per heavy atom. The average Bonchev–Trinajstić information content (AvgIpc) is 3.39. The van der Waals surface area contributed by atoms with E-state index in [0.29, 0.717) is 35.9 Å². The number of thioether (sulfide) groups is 1. The van der Waals surface area contributed by atoms with Gasteiger partial charge in [-0.2, -0.15) is 4.98 Å². The number of carbonyl (C=O) groups excluding carboxylic acids is 1. The number of amides is 1. The summed E-state index contributed by atoms with van der Waals surface area (Å²) in [5, 5.41) is 4.02. The maximum Gasteiger partial charge on any atom is 0.253 e. The lowest BCUT2D eigenvalue weighted by Crippen LogP contribution is -2.39. The largest absolute Gasteiger partial charge is 0.339 e. The first kappa shape index (κ1) is 22.3. The predicted molar refractivity (Wildman–Crippen MR) is 128 cm³/mol. The van der Waals surface area contributed by atoms with Crippen molar-refractivity contribution in [2.75, 3.05) is 13.1 Å². The average molecular weight is 475 g/mol. The fraction of sp³-hybridized carbons (Fsp3) is 0.231. The smallest absolute Gasteiger partial charge is 0.253 e. The summed E-state index contributed by atoms with van der Waals surface area (Å²) in [7, 11) is 0. The Morgan fingerprint density at radius 1 is 1.15 bits per heavy atom. The summed E-state index contributed by atoms with van der Waals surface area (Å²) in [6.45, 7) is 1.21. The molecule has 3 heterocycles. The lowest BCUT2D eigenvalue weighted by molar-refractivity contribution is 0.0695. The fourth-order valence-electron chi connectivity index (χ4n) is 4.04. The molecule has 2 aromatic heterocycles. The maximum atomic E-state index is 13.5. The molecule has 8 heteroatoms. The summed E-state index contributed by atoms with van der Waals surface area (Å²) in [6, 6.07) is 17.8. The lowest BCUT2D eigenvalue weighted by atomic mass is 9.97. The Hall–Kier alpha value is -3.52. The number of halogens is 1. The van der Waals surface area contributed by atoms with E-state index in [1.54, 1.807) is 30.1 Å². The number of aromatic nitrogens is 3. The minimum absolute atomic E-state index is 0.00150. The van der Waals surface area contributed by atoms with Gasteiger partial charge in [-0.15, -0.1) is 11.8 Å². The maximum absolute atomic E-state index is 13.5. The van der Waals surface area contributed by atoms with E-state index in [9.17, 15) is 9.18 Å². The van der Waals surface area contributed by atoms with Crippen molar-refractivity contribution in [3.8, 4) is 11.4 Å². The van der Waals surface area contributed by atoms with Gasteiger partial charge in [0.2, 0.25) is 11.7 Å². The normalized spacial score (nSPS) is 15.9. The zero-order valence-electron chi connectivity index (χ0n) is 18.4. The van der Waals surface area contributed by atoms with Gasteiger partial charge in [0.1, 0.15) is 5.82 Å². The molecule has 0 spiro atoms. The summed E-state index contributed by atoms with van der Waals surface area (Å²) in [6.07, 6.45) is 5.34. The summed E-state index contributed by atoms with van der Waals surface area (Å²) in [5.74, 6) is 1.28. The molecule has 1 aliphatic heterocycles. The van der Waals surface area contributed by atoms with Gasteiger partial charge < -0.3 is 9.42 Å². The molecule has 6 nitrogen and oxygen atoms in total. The molecular formula is C26H23FN4O2S. The third-order valence-electron chi connectivity index (χ3n) is 5.81. The molecule has 2 aromatic carbocycles. The van der Waals surface area contributed by atoms with Crippen LogP contribution >= 0.6 is 11.8 Å². The monoisotopic (exact) mass is 474 g/mol. The van der Waals surface area contributed by atoms with Gasteiger partial charge in [0.15, 0.2) is 0 Å². The van der Waals surface area contributed by atoms with E-state index in [1.165, 1.54) is 12.1 Å². The van der Waals surface area contributed by atoms with Crippen LogP contribution in [0.1, 0.15) is 40.6 Å². The molecule has 0 bridgehead atoms. The van der Waals surface area contributed by atoms with Crippen molar-refractivity contribution < 1.29 is 13.7 Å². The quantitative estimate of drug-likeness (QED) is 0.340. The van der Waals surface area contributed by atoms with Crippen LogP contribution in [0.15, 0.2) is 82.5 Å². The summed E-state index contributed by atoms with van der Waals surface area (Å²) < 4.78 is 19.0.